The molecule has 0 aliphatic heterocycles. The van der Waals surface area contributed by atoms with Crippen molar-refractivity contribution in [2.45, 2.75) is 32.2 Å². The maximum atomic E-state index is 13.8. The Morgan fingerprint density at radius 3 is 2.11 bits per heavy atom. The number of sulfonamides is 1. The average Bonchev–Trinajstić information content (AvgIpc) is 2.86. The van der Waals surface area contributed by atoms with Gasteiger partial charge in [0, 0.05) is 11.3 Å². The molecular weight excluding hydrogens is 456 g/mol. The number of carbonyl (C=O) groups is 1. The Kier molecular flexibility index (Phi) is 7.03. The second-order valence-electron chi connectivity index (χ2n) is 8.52. The number of nitrogens with zero attached hydrogens (tertiary/aromatic N) is 1. The third kappa shape index (κ3) is 5.28. The molecule has 4 aromatic carbocycles. The van der Waals surface area contributed by atoms with Crippen LogP contribution in [0.15, 0.2) is 102 Å². The number of nitrogens with one attached hydrogen (secondary N) is 1. The van der Waals surface area contributed by atoms with Gasteiger partial charge in [0.1, 0.15) is 0 Å². The Morgan fingerprint density at radius 2 is 1.40 bits per heavy atom. The predicted octanol–water partition coefficient (Wildman–Crippen LogP) is 6.26. The molecule has 4 rings (SSSR count). The Hall–Kier alpha value is -3.90. The first kappa shape index (κ1) is 24.2. The lowest BCUT2D eigenvalue weighted by Gasteiger charge is -2.26. The number of amides is 1. The van der Waals surface area contributed by atoms with Gasteiger partial charge in [-0.15, -0.1) is 0 Å². The Bertz CT molecular complexity index is 1460. The van der Waals surface area contributed by atoms with E-state index in [9.17, 15) is 13.2 Å². The van der Waals surface area contributed by atoms with Crippen molar-refractivity contribution in [3.05, 3.63) is 125 Å². The molecule has 0 saturated carbocycles. The first-order chi connectivity index (χ1) is 16.8. The summed E-state index contributed by atoms with van der Waals surface area (Å²) >= 11 is 0. The van der Waals surface area contributed by atoms with Gasteiger partial charge in [-0.1, -0.05) is 60.7 Å². The summed E-state index contributed by atoms with van der Waals surface area (Å²) in [6.07, 6.45) is 0. The number of aryl methyl sites for hydroxylation is 3. The molecule has 0 fully saturated rings. The molecule has 1 amide bonds. The van der Waals surface area contributed by atoms with Gasteiger partial charge >= 0.3 is 0 Å². The summed E-state index contributed by atoms with van der Waals surface area (Å²) in [4.78, 5) is 13.2. The lowest BCUT2D eigenvalue weighted by molar-refractivity contribution is 0.102. The fraction of sp³-hybridized carbons (Fsp3) is 0.138. The molecule has 0 radical (unpaired) electrons. The van der Waals surface area contributed by atoms with E-state index in [2.05, 4.69) is 5.32 Å². The molecule has 0 atom stereocenters. The number of hydrogen-bond acceptors (Lipinski definition) is 3. The van der Waals surface area contributed by atoms with Crippen molar-refractivity contribution in [2.75, 3.05) is 9.62 Å². The molecule has 0 unspecified atom stereocenters. The van der Waals surface area contributed by atoms with Crippen molar-refractivity contribution in [1.82, 2.24) is 0 Å². The molecule has 6 heteroatoms. The number of anilines is 2. The number of para-hydroxylation sites is 1. The van der Waals surface area contributed by atoms with E-state index >= 15 is 0 Å². The maximum Gasteiger partial charge on any atom is 0.264 e. The minimum absolute atomic E-state index is 0.0595. The van der Waals surface area contributed by atoms with Crippen LogP contribution in [0.1, 0.15) is 32.6 Å². The summed E-state index contributed by atoms with van der Waals surface area (Å²) < 4.78 is 28.9. The number of benzene rings is 4. The fourth-order valence-corrected chi connectivity index (χ4v) is 5.32. The quantitative estimate of drug-likeness (QED) is 0.337. The third-order valence-corrected chi connectivity index (χ3v) is 7.87. The van der Waals surface area contributed by atoms with Gasteiger partial charge in [-0.25, -0.2) is 8.42 Å². The highest BCUT2D eigenvalue weighted by Crippen LogP contribution is 2.30. The van der Waals surface area contributed by atoms with Crippen molar-refractivity contribution < 1.29 is 13.2 Å². The van der Waals surface area contributed by atoms with E-state index in [0.29, 0.717) is 22.5 Å². The van der Waals surface area contributed by atoms with Crippen molar-refractivity contribution >= 4 is 27.3 Å². The molecule has 5 nitrogen and oxygen atoms in total. The Labute approximate surface area is 207 Å². The molecule has 0 bridgehead atoms. The van der Waals surface area contributed by atoms with Gasteiger partial charge in [0.05, 0.1) is 17.1 Å². The lowest BCUT2D eigenvalue weighted by atomic mass is 10.1. The smallest absolute Gasteiger partial charge is 0.264 e. The molecular formula is C29H28N2O3S. The maximum absolute atomic E-state index is 13.8. The monoisotopic (exact) mass is 484 g/mol. The van der Waals surface area contributed by atoms with Gasteiger partial charge in [0.25, 0.3) is 15.9 Å². The summed E-state index contributed by atoms with van der Waals surface area (Å²) in [6, 6.07) is 28.7. The third-order valence-electron chi connectivity index (χ3n) is 6.08. The number of rotatable bonds is 7. The van der Waals surface area contributed by atoms with Gasteiger partial charge in [-0.3, -0.25) is 9.10 Å². The Balaban J connectivity index is 1.75. The van der Waals surface area contributed by atoms with Gasteiger partial charge < -0.3 is 5.32 Å². The fourth-order valence-electron chi connectivity index (χ4n) is 3.87. The summed E-state index contributed by atoms with van der Waals surface area (Å²) in [7, 11) is -3.87. The number of hydrogen-bond donors (Lipinski definition) is 1. The van der Waals surface area contributed by atoms with E-state index in [1.807, 2.05) is 75.4 Å². The topological polar surface area (TPSA) is 66.5 Å². The molecule has 0 saturated heterocycles. The van der Waals surface area contributed by atoms with Crippen molar-refractivity contribution in [1.29, 1.82) is 0 Å². The van der Waals surface area contributed by atoms with Crippen LogP contribution in [0, 0.1) is 20.8 Å². The highest BCUT2D eigenvalue weighted by Gasteiger charge is 2.26. The molecule has 35 heavy (non-hydrogen) atoms. The van der Waals surface area contributed by atoms with Crippen molar-refractivity contribution in [3.8, 4) is 0 Å². The van der Waals surface area contributed by atoms with E-state index in [1.165, 1.54) is 4.31 Å². The summed E-state index contributed by atoms with van der Waals surface area (Å²) in [5.74, 6) is -0.237. The molecule has 0 aliphatic rings. The van der Waals surface area contributed by atoms with Crippen LogP contribution in [0.25, 0.3) is 0 Å². The molecule has 1 N–H and O–H groups in total. The second-order valence-corrected chi connectivity index (χ2v) is 10.4. The molecule has 0 spiro atoms. The molecule has 0 heterocycles. The molecule has 0 aliphatic carbocycles. The lowest BCUT2D eigenvalue weighted by Crippen LogP contribution is -2.31. The van der Waals surface area contributed by atoms with Crippen LogP contribution in [0.5, 0.6) is 0 Å². The SMILES string of the molecule is Cc1ccc(N(Cc2ccccc2NC(=O)c2ccccc2C)S(=O)(=O)c2ccccc2)cc1C. The van der Waals surface area contributed by atoms with Gasteiger partial charge in [-0.05, 0) is 79.4 Å². The molecule has 178 valence electrons. The zero-order valence-electron chi connectivity index (χ0n) is 20.0. The van der Waals surface area contributed by atoms with Crippen LogP contribution >= 0.6 is 0 Å². The van der Waals surface area contributed by atoms with E-state index in [0.717, 1.165) is 16.7 Å². The summed E-state index contributed by atoms with van der Waals surface area (Å²) in [5.41, 5.74) is 5.34. The highest BCUT2D eigenvalue weighted by molar-refractivity contribution is 7.92. The zero-order valence-corrected chi connectivity index (χ0v) is 20.8. The van der Waals surface area contributed by atoms with Crippen molar-refractivity contribution in [3.63, 3.8) is 0 Å². The number of carbonyl (C=O) groups excluding carboxylic acids is 1. The van der Waals surface area contributed by atoms with Crippen LogP contribution < -0.4 is 9.62 Å². The van der Waals surface area contributed by atoms with E-state index in [-0.39, 0.29) is 17.3 Å². The van der Waals surface area contributed by atoms with Crippen LogP contribution in [0.2, 0.25) is 0 Å². The molecule has 0 aromatic heterocycles. The van der Waals surface area contributed by atoms with Gasteiger partial charge in [0.15, 0.2) is 0 Å². The van der Waals surface area contributed by atoms with Crippen LogP contribution in [0.4, 0.5) is 11.4 Å². The molecule has 4 aromatic rings. The van der Waals surface area contributed by atoms with Crippen LogP contribution in [-0.4, -0.2) is 14.3 Å². The van der Waals surface area contributed by atoms with Gasteiger partial charge in [-0.2, -0.15) is 0 Å². The second kappa shape index (κ2) is 10.2. The minimum atomic E-state index is -3.87. The van der Waals surface area contributed by atoms with E-state index < -0.39 is 10.0 Å². The van der Waals surface area contributed by atoms with Crippen LogP contribution in [0.3, 0.4) is 0 Å². The predicted molar refractivity (Wildman–Crippen MR) is 141 cm³/mol. The van der Waals surface area contributed by atoms with E-state index in [4.69, 9.17) is 0 Å². The van der Waals surface area contributed by atoms with E-state index in [1.54, 1.807) is 42.5 Å². The van der Waals surface area contributed by atoms with Crippen LogP contribution in [-0.2, 0) is 16.6 Å². The first-order valence-electron chi connectivity index (χ1n) is 11.4. The van der Waals surface area contributed by atoms with Gasteiger partial charge in [0.2, 0.25) is 0 Å². The first-order valence-corrected chi connectivity index (χ1v) is 12.8. The minimum Gasteiger partial charge on any atom is -0.322 e. The average molecular weight is 485 g/mol. The standard InChI is InChI=1S/C29H28N2O3S/c1-21-17-18-25(19-23(21)3)31(35(33,34)26-13-5-4-6-14-26)20-24-12-8-10-16-28(24)30-29(32)27-15-9-7-11-22(27)2/h4-19H,20H2,1-3H3,(H,30,32). The normalized spacial score (nSPS) is 11.2. The largest absolute Gasteiger partial charge is 0.322 e. The zero-order chi connectivity index (χ0) is 25.0. The highest BCUT2D eigenvalue weighted by atomic mass is 32.2. The van der Waals surface area contributed by atoms with Crippen molar-refractivity contribution in [2.24, 2.45) is 0 Å². The summed E-state index contributed by atoms with van der Waals surface area (Å²) in [6.45, 7) is 5.90. The summed E-state index contributed by atoms with van der Waals surface area (Å²) in [5, 5.41) is 2.98. The Morgan fingerprint density at radius 1 is 0.743 bits per heavy atom.